The molecule has 68 valence electrons. The molecule has 3 heteroatoms. The molecule has 0 fully saturated rings. The lowest BCUT2D eigenvalue weighted by Crippen LogP contribution is -1.94. The maximum Gasteiger partial charge on any atom is 0.133 e. The van der Waals surface area contributed by atoms with Gasteiger partial charge in [0.2, 0.25) is 0 Å². The van der Waals surface area contributed by atoms with E-state index in [9.17, 15) is 0 Å². The number of nitrogens with zero attached hydrogens (tertiary/aromatic N) is 2. The lowest BCUT2D eigenvalue weighted by atomic mass is 10.2. The van der Waals surface area contributed by atoms with E-state index >= 15 is 0 Å². The summed E-state index contributed by atoms with van der Waals surface area (Å²) in [6.45, 7) is 4.11. The lowest BCUT2D eigenvalue weighted by Gasteiger charge is -2.02. The molecule has 0 amide bonds. The fourth-order valence-corrected chi connectivity index (χ4v) is 1.87. The third-order valence-corrected chi connectivity index (χ3v) is 2.40. The second-order valence-corrected chi connectivity index (χ2v) is 3.47. The van der Waals surface area contributed by atoms with Crippen LogP contribution in [-0.2, 0) is 7.05 Å². The average Bonchev–Trinajstić information content (AvgIpc) is 2.36. The lowest BCUT2D eigenvalue weighted by molar-refractivity contribution is 0.958. The Morgan fingerprint density at radius 3 is 2.62 bits per heavy atom. The van der Waals surface area contributed by atoms with E-state index in [1.165, 1.54) is 16.6 Å². The summed E-state index contributed by atoms with van der Waals surface area (Å²) in [4.78, 5) is 4.15. The van der Waals surface area contributed by atoms with Crippen LogP contribution in [0.3, 0.4) is 0 Å². The molecule has 0 radical (unpaired) electrons. The van der Waals surface area contributed by atoms with Gasteiger partial charge in [0.05, 0.1) is 5.52 Å². The van der Waals surface area contributed by atoms with E-state index in [1.54, 1.807) is 0 Å². The fraction of sp³-hybridized carbons (Fsp3) is 0.300. The topological polar surface area (TPSA) is 43.8 Å². The summed E-state index contributed by atoms with van der Waals surface area (Å²) in [5, 5.41) is 1.09. The van der Waals surface area contributed by atoms with Crippen LogP contribution in [0.15, 0.2) is 12.4 Å². The van der Waals surface area contributed by atoms with Crippen molar-refractivity contribution in [3.63, 3.8) is 0 Å². The number of anilines is 1. The summed E-state index contributed by atoms with van der Waals surface area (Å²) in [6.07, 6.45) is 3.90. The van der Waals surface area contributed by atoms with E-state index in [0.29, 0.717) is 5.82 Å². The van der Waals surface area contributed by atoms with E-state index in [2.05, 4.69) is 22.7 Å². The summed E-state index contributed by atoms with van der Waals surface area (Å²) in [5.41, 5.74) is 9.35. The minimum atomic E-state index is 0.624. The average molecular weight is 175 g/mol. The third kappa shape index (κ3) is 1.00. The number of pyridine rings is 1. The summed E-state index contributed by atoms with van der Waals surface area (Å²) in [6, 6.07) is 0. The molecule has 0 atom stereocenters. The van der Waals surface area contributed by atoms with Crippen molar-refractivity contribution in [1.29, 1.82) is 0 Å². The molecule has 13 heavy (non-hydrogen) atoms. The van der Waals surface area contributed by atoms with Gasteiger partial charge in [-0.25, -0.2) is 4.98 Å². The molecule has 0 aromatic carbocycles. The Balaban J connectivity index is 3.03. The van der Waals surface area contributed by atoms with Crippen LogP contribution in [0.5, 0.6) is 0 Å². The third-order valence-electron chi connectivity index (χ3n) is 2.40. The molecule has 0 aliphatic rings. The quantitative estimate of drug-likeness (QED) is 0.663. The monoisotopic (exact) mass is 175 g/mol. The molecule has 0 aliphatic heterocycles. The summed E-state index contributed by atoms with van der Waals surface area (Å²) >= 11 is 0. The van der Waals surface area contributed by atoms with Crippen LogP contribution in [0.2, 0.25) is 0 Å². The van der Waals surface area contributed by atoms with E-state index < -0.39 is 0 Å². The highest BCUT2D eigenvalue weighted by Crippen LogP contribution is 2.26. The highest BCUT2D eigenvalue weighted by Gasteiger charge is 2.08. The first kappa shape index (κ1) is 8.10. The Morgan fingerprint density at radius 1 is 1.31 bits per heavy atom. The number of aromatic nitrogens is 2. The van der Waals surface area contributed by atoms with Crippen molar-refractivity contribution in [3.8, 4) is 0 Å². The van der Waals surface area contributed by atoms with Gasteiger partial charge in [0.1, 0.15) is 5.82 Å². The predicted molar refractivity (Wildman–Crippen MR) is 54.6 cm³/mol. The molecule has 0 aliphatic carbocycles. The van der Waals surface area contributed by atoms with Crippen LogP contribution in [0.4, 0.5) is 5.82 Å². The van der Waals surface area contributed by atoms with Crippen molar-refractivity contribution < 1.29 is 0 Å². The molecule has 0 saturated carbocycles. The van der Waals surface area contributed by atoms with Gasteiger partial charge in [0, 0.05) is 24.8 Å². The summed E-state index contributed by atoms with van der Waals surface area (Å²) in [5.74, 6) is 0.624. The van der Waals surface area contributed by atoms with E-state index in [1.807, 2.05) is 20.2 Å². The van der Waals surface area contributed by atoms with Crippen molar-refractivity contribution in [2.75, 3.05) is 5.73 Å². The van der Waals surface area contributed by atoms with Crippen molar-refractivity contribution >= 4 is 16.7 Å². The van der Waals surface area contributed by atoms with Gasteiger partial charge in [-0.3, -0.25) is 0 Å². The number of aryl methyl sites for hydroxylation is 3. The number of nitrogens with two attached hydrogens (primary N) is 1. The van der Waals surface area contributed by atoms with Crippen molar-refractivity contribution in [2.45, 2.75) is 13.8 Å². The van der Waals surface area contributed by atoms with Gasteiger partial charge in [0.15, 0.2) is 0 Å². The second kappa shape index (κ2) is 2.49. The standard InChI is InChI=1S/C10H13N3/c1-6-4-12-10(11)8-7(2)5-13(3)9(6)8/h4-5H,1-3H3,(H2,11,12). The Labute approximate surface area is 77.2 Å². The van der Waals surface area contributed by atoms with Gasteiger partial charge in [-0.2, -0.15) is 0 Å². The molecule has 0 spiro atoms. The molecular formula is C10H13N3. The molecule has 2 aromatic heterocycles. The molecule has 3 nitrogen and oxygen atoms in total. The highest BCUT2D eigenvalue weighted by molar-refractivity contribution is 5.94. The summed E-state index contributed by atoms with van der Waals surface area (Å²) in [7, 11) is 2.03. The van der Waals surface area contributed by atoms with Gasteiger partial charge in [-0.15, -0.1) is 0 Å². The molecular weight excluding hydrogens is 162 g/mol. The zero-order chi connectivity index (χ0) is 9.59. The smallest absolute Gasteiger partial charge is 0.133 e. The van der Waals surface area contributed by atoms with Crippen LogP contribution in [-0.4, -0.2) is 9.55 Å². The second-order valence-electron chi connectivity index (χ2n) is 3.47. The highest BCUT2D eigenvalue weighted by atomic mass is 14.9. The number of hydrogen-bond donors (Lipinski definition) is 1. The minimum Gasteiger partial charge on any atom is -0.383 e. The first-order valence-corrected chi connectivity index (χ1v) is 4.28. The van der Waals surface area contributed by atoms with E-state index in [-0.39, 0.29) is 0 Å². The first-order valence-electron chi connectivity index (χ1n) is 4.28. The van der Waals surface area contributed by atoms with Gasteiger partial charge < -0.3 is 10.3 Å². The Bertz CT molecular complexity index is 426. The Kier molecular flexibility index (Phi) is 1.55. The van der Waals surface area contributed by atoms with Crippen LogP contribution in [0.25, 0.3) is 10.9 Å². The Morgan fingerprint density at radius 2 is 2.00 bits per heavy atom. The van der Waals surface area contributed by atoms with Crippen molar-refractivity contribution in [3.05, 3.63) is 23.5 Å². The van der Waals surface area contributed by atoms with Crippen LogP contribution >= 0.6 is 0 Å². The number of nitrogen functional groups attached to an aromatic ring is 1. The normalized spacial score (nSPS) is 11.0. The number of rotatable bonds is 0. The van der Waals surface area contributed by atoms with Crippen molar-refractivity contribution in [2.24, 2.45) is 7.05 Å². The minimum absolute atomic E-state index is 0.624. The molecule has 2 N–H and O–H groups in total. The van der Waals surface area contributed by atoms with Gasteiger partial charge in [-0.1, -0.05) is 0 Å². The van der Waals surface area contributed by atoms with E-state index in [0.717, 1.165) is 5.39 Å². The fourth-order valence-electron chi connectivity index (χ4n) is 1.87. The van der Waals surface area contributed by atoms with Crippen LogP contribution < -0.4 is 5.73 Å². The predicted octanol–water partition coefficient (Wildman–Crippen LogP) is 1.77. The van der Waals surface area contributed by atoms with Crippen LogP contribution in [0.1, 0.15) is 11.1 Å². The summed E-state index contributed by atoms with van der Waals surface area (Å²) < 4.78 is 2.10. The molecule has 2 aromatic rings. The van der Waals surface area contributed by atoms with Crippen molar-refractivity contribution in [1.82, 2.24) is 9.55 Å². The molecule has 2 rings (SSSR count). The maximum absolute atomic E-state index is 5.81. The van der Waals surface area contributed by atoms with Gasteiger partial charge in [0.25, 0.3) is 0 Å². The zero-order valence-electron chi connectivity index (χ0n) is 8.13. The molecule has 0 unspecified atom stereocenters. The van der Waals surface area contributed by atoms with E-state index in [4.69, 9.17) is 5.73 Å². The Hall–Kier alpha value is -1.51. The zero-order valence-corrected chi connectivity index (χ0v) is 8.13. The van der Waals surface area contributed by atoms with Gasteiger partial charge >= 0.3 is 0 Å². The molecule has 0 bridgehead atoms. The largest absolute Gasteiger partial charge is 0.383 e. The first-order chi connectivity index (χ1) is 6.11. The van der Waals surface area contributed by atoms with Crippen LogP contribution in [0, 0.1) is 13.8 Å². The number of fused-ring (bicyclic) bond motifs is 1. The molecule has 2 heterocycles. The molecule has 0 saturated heterocycles. The van der Waals surface area contributed by atoms with Gasteiger partial charge in [-0.05, 0) is 25.0 Å². The number of hydrogen-bond acceptors (Lipinski definition) is 2. The SMILES string of the molecule is Cc1cn(C)c2c(C)cnc(N)c12. The maximum atomic E-state index is 5.81.